The Bertz CT molecular complexity index is 645. The highest BCUT2D eigenvalue weighted by atomic mass is 32.2. The molecular weight excluding hydrogens is 304 g/mol. The molecule has 2 unspecified atom stereocenters. The van der Waals surface area contributed by atoms with Crippen LogP contribution < -0.4 is 5.32 Å². The molecule has 0 radical (unpaired) electrons. The maximum atomic E-state index is 12.7. The molecule has 1 aromatic carbocycles. The zero-order chi connectivity index (χ0) is 16.3. The molecule has 0 saturated carbocycles. The fourth-order valence-corrected chi connectivity index (χ4v) is 4.45. The fourth-order valence-electron chi connectivity index (χ4n) is 2.82. The van der Waals surface area contributed by atoms with Crippen molar-refractivity contribution in [3.8, 4) is 0 Å². The summed E-state index contributed by atoms with van der Waals surface area (Å²) in [4.78, 5) is 12.2. The second kappa shape index (κ2) is 6.76. The van der Waals surface area contributed by atoms with Gasteiger partial charge >= 0.3 is 0 Å². The standard InChI is InChI=1S/C15H22N2O4S/c1-11-5-4-6-13(7-11)22(19,20)17-8-12(10-21-3)14(9-17)15(18)16-2/h4-7,12,14H,8-10H2,1-3H3,(H,16,18). The largest absolute Gasteiger partial charge is 0.384 e. The van der Waals surface area contributed by atoms with Crippen molar-refractivity contribution >= 4 is 15.9 Å². The monoisotopic (exact) mass is 326 g/mol. The Balaban J connectivity index is 2.27. The highest BCUT2D eigenvalue weighted by molar-refractivity contribution is 7.89. The molecule has 1 saturated heterocycles. The molecule has 1 aliphatic heterocycles. The third kappa shape index (κ3) is 3.31. The highest BCUT2D eigenvalue weighted by Gasteiger charge is 2.42. The summed E-state index contributed by atoms with van der Waals surface area (Å²) >= 11 is 0. The molecule has 22 heavy (non-hydrogen) atoms. The summed E-state index contributed by atoms with van der Waals surface area (Å²) in [5, 5.41) is 2.60. The maximum absolute atomic E-state index is 12.7. The van der Waals surface area contributed by atoms with E-state index in [1.54, 1.807) is 32.4 Å². The van der Waals surface area contributed by atoms with Gasteiger partial charge in [-0.1, -0.05) is 12.1 Å². The summed E-state index contributed by atoms with van der Waals surface area (Å²) in [6.45, 7) is 2.69. The average Bonchev–Trinajstić information content (AvgIpc) is 2.91. The van der Waals surface area contributed by atoms with Crippen LogP contribution in [0.3, 0.4) is 0 Å². The van der Waals surface area contributed by atoms with Gasteiger partial charge in [0, 0.05) is 33.2 Å². The third-order valence-electron chi connectivity index (χ3n) is 4.00. The third-order valence-corrected chi connectivity index (χ3v) is 5.83. The normalized spacial score (nSPS) is 22.7. The van der Waals surface area contributed by atoms with E-state index in [2.05, 4.69) is 5.32 Å². The SMILES string of the molecule is CNC(=O)C1CN(S(=O)(=O)c2cccc(C)c2)CC1COC. The van der Waals surface area contributed by atoms with Crippen molar-refractivity contribution in [2.45, 2.75) is 11.8 Å². The first-order valence-electron chi connectivity index (χ1n) is 7.17. The molecule has 0 aromatic heterocycles. The number of sulfonamides is 1. The van der Waals surface area contributed by atoms with Crippen LogP contribution in [0.5, 0.6) is 0 Å². The van der Waals surface area contributed by atoms with E-state index in [4.69, 9.17) is 4.74 Å². The molecule has 6 nitrogen and oxygen atoms in total. The summed E-state index contributed by atoms with van der Waals surface area (Å²) in [5.41, 5.74) is 0.886. The first-order chi connectivity index (χ1) is 10.4. The molecule has 0 bridgehead atoms. The number of nitrogens with zero attached hydrogens (tertiary/aromatic N) is 1. The molecular formula is C15H22N2O4S. The lowest BCUT2D eigenvalue weighted by Crippen LogP contribution is -2.34. The van der Waals surface area contributed by atoms with Crippen LogP contribution in [0.25, 0.3) is 0 Å². The fraction of sp³-hybridized carbons (Fsp3) is 0.533. The lowest BCUT2D eigenvalue weighted by molar-refractivity contribution is -0.125. The second-order valence-corrected chi connectivity index (χ2v) is 7.51. The Morgan fingerprint density at radius 2 is 2.14 bits per heavy atom. The van der Waals surface area contributed by atoms with E-state index in [9.17, 15) is 13.2 Å². The smallest absolute Gasteiger partial charge is 0.243 e. The van der Waals surface area contributed by atoms with E-state index in [-0.39, 0.29) is 29.2 Å². The zero-order valence-electron chi connectivity index (χ0n) is 13.1. The van der Waals surface area contributed by atoms with Crippen LogP contribution in [-0.2, 0) is 19.6 Å². The van der Waals surface area contributed by atoms with Crippen molar-refractivity contribution in [2.75, 3.05) is 33.9 Å². The van der Waals surface area contributed by atoms with Gasteiger partial charge in [0.2, 0.25) is 15.9 Å². The van der Waals surface area contributed by atoms with Crippen LogP contribution in [0.2, 0.25) is 0 Å². The van der Waals surface area contributed by atoms with Crippen molar-refractivity contribution < 1.29 is 17.9 Å². The Labute approximate surface area is 131 Å². The molecule has 0 spiro atoms. The summed E-state index contributed by atoms with van der Waals surface area (Å²) in [6.07, 6.45) is 0. The van der Waals surface area contributed by atoms with Gasteiger partial charge in [-0.15, -0.1) is 0 Å². The molecule has 7 heteroatoms. The lowest BCUT2D eigenvalue weighted by Gasteiger charge is -2.16. The molecule has 1 aromatic rings. The number of nitrogens with one attached hydrogen (secondary N) is 1. The number of hydrogen-bond donors (Lipinski definition) is 1. The van der Waals surface area contributed by atoms with Crippen LogP contribution in [0.4, 0.5) is 0 Å². The number of rotatable bonds is 5. The molecule has 122 valence electrons. The number of aryl methyl sites for hydroxylation is 1. The lowest BCUT2D eigenvalue weighted by atomic mass is 9.96. The van der Waals surface area contributed by atoms with Crippen molar-refractivity contribution in [1.29, 1.82) is 0 Å². The van der Waals surface area contributed by atoms with Gasteiger partial charge in [0.25, 0.3) is 0 Å². The van der Waals surface area contributed by atoms with Gasteiger partial charge in [0.05, 0.1) is 17.4 Å². The Hall–Kier alpha value is -1.44. The predicted octanol–water partition coefficient (Wildman–Crippen LogP) is 0.624. The minimum absolute atomic E-state index is 0.135. The number of amides is 1. The van der Waals surface area contributed by atoms with Crippen LogP contribution in [-0.4, -0.2) is 52.5 Å². The molecule has 0 aliphatic carbocycles. The predicted molar refractivity (Wildman–Crippen MR) is 82.9 cm³/mol. The summed E-state index contributed by atoms with van der Waals surface area (Å²) in [5.74, 6) is -0.668. The average molecular weight is 326 g/mol. The van der Waals surface area contributed by atoms with Gasteiger partial charge in [0.1, 0.15) is 0 Å². The number of methoxy groups -OCH3 is 1. The van der Waals surface area contributed by atoms with Crippen LogP contribution >= 0.6 is 0 Å². The Kier molecular flexibility index (Phi) is 5.20. The van der Waals surface area contributed by atoms with E-state index in [0.717, 1.165) is 5.56 Å². The quantitative estimate of drug-likeness (QED) is 0.861. The first-order valence-corrected chi connectivity index (χ1v) is 8.61. The van der Waals surface area contributed by atoms with Crippen molar-refractivity contribution in [1.82, 2.24) is 9.62 Å². The molecule has 2 atom stereocenters. The highest BCUT2D eigenvalue weighted by Crippen LogP contribution is 2.29. The van der Waals surface area contributed by atoms with E-state index in [0.29, 0.717) is 13.2 Å². The first kappa shape index (κ1) is 16.9. The number of benzene rings is 1. The van der Waals surface area contributed by atoms with E-state index in [1.807, 2.05) is 13.0 Å². The van der Waals surface area contributed by atoms with Crippen LogP contribution in [0, 0.1) is 18.8 Å². The Morgan fingerprint density at radius 3 is 2.73 bits per heavy atom. The summed E-state index contributed by atoms with van der Waals surface area (Å²) < 4.78 is 32.0. The topological polar surface area (TPSA) is 75.7 Å². The molecule has 1 aliphatic rings. The number of ether oxygens (including phenoxy) is 1. The van der Waals surface area contributed by atoms with E-state index < -0.39 is 10.0 Å². The molecule has 1 N–H and O–H groups in total. The number of carbonyl (C=O) groups excluding carboxylic acids is 1. The van der Waals surface area contributed by atoms with Crippen LogP contribution in [0.1, 0.15) is 5.56 Å². The minimum atomic E-state index is -3.59. The van der Waals surface area contributed by atoms with Gasteiger partial charge in [-0.05, 0) is 24.6 Å². The summed E-state index contributed by atoms with van der Waals surface area (Å²) in [7, 11) is -0.476. The van der Waals surface area contributed by atoms with Crippen molar-refractivity contribution in [3.05, 3.63) is 29.8 Å². The van der Waals surface area contributed by atoms with E-state index in [1.165, 1.54) is 4.31 Å². The van der Waals surface area contributed by atoms with Crippen molar-refractivity contribution in [3.63, 3.8) is 0 Å². The minimum Gasteiger partial charge on any atom is -0.384 e. The Morgan fingerprint density at radius 1 is 1.41 bits per heavy atom. The zero-order valence-corrected chi connectivity index (χ0v) is 13.9. The second-order valence-electron chi connectivity index (χ2n) is 5.57. The van der Waals surface area contributed by atoms with Gasteiger partial charge in [-0.25, -0.2) is 8.42 Å². The van der Waals surface area contributed by atoms with E-state index >= 15 is 0 Å². The van der Waals surface area contributed by atoms with Gasteiger partial charge in [0.15, 0.2) is 0 Å². The van der Waals surface area contributed by atoms with Crippen LogP contribution in [0.15, 0.2) is 29.2 Å². The maximum Gasteiger partial charge on any atom is 0.243 e. The molecule has 2 rings (SSSR count). The van der Waals surface area contributed by atoms with Gasteiger partial charge in [-0.3, -0.25) is 4.79 Å². The molecule has 1 amide bonds. The number of hydrogen-bond acceptors (Lipinski definition) is 4. The van der Waals surface area contributed by atoms with Gasteiger partial charge in [-0.2, -0.15) is 4.31 Å². The van der Waals surface area contributed by atoms with Gasteiger partial charge < -0.3 is 10.1 Å². The van der Waals surface area contributed by atoms with Crippen molar-refractivity contribution in [2.24, 2.45) is 11.8 Å². The summed E-state index contributed by atoms with van der Waals surface area (Å²) in [6, 6.07) is 6.81. The molecule has 1 heterocycles. The molecule has 1 fully saturated rings. The number of carbonyl (C=O) groups is 1.